The number of ketones is 2. The zero-order valence-electron chi connectivity index (χ0n) is 13.2. The van der Waals surface area contributed by atoms with Gasteiger partial charge in [-0.25, -0.2) is 0 Å². The molecule has 2 atom stereocenters. The summed E-state index contributed by atoms with van der Waals surface area (Å²) in [5.41, 5.74) is 13.1. The van der Waals surface area contributed by atoms with Crippen molar-refractivity contribution in [2.75, 3.05) is 6.73 Å². The van der Waals surface area contributed by atoms with E-state index >= 15 is 0 Å². The quantitative estimate of drug-likeness (QED) is 0.440. The minimum absolute atomic E-state index is 0.0233. The number of carbonyl (C=O) groups excluding carboxylic acids is 3. The smallest absolute Gasteiger partial charge is 0.232 e. The van der Waals surface area contributed by atoms with Crippen molar-refractivity contribution in [2.24, 2.45) is 17.4 Å². The van der Waals surface area contributed by atoms with E-state index in [2.05, 4.69) is 0 Å². The van der Waals surface area contributed by atoms with E-state index < -0.39 is 17.9 Å². The van der Waals surface area contributed by atoms with Gasteiger partial charge in [0.2, 0.25) is 5.91 Å². The molecule has 23 heavy (non-hydrogen) atoms. The molecular formula is C17H20N2O4. The molecule has 6 heteroatoms. The van der Waals surface area contributed by atoms with Gasteiger partial charge in [0.15, 0.2) is 11.6 Å². The molecule has 0 bridgehead atoms. The summed E-state index contributed by atoms with van der Waals surface area (Å²) >= 11 is 0. The molecule has 2 aliphatic rings. The molecule has 2 unspecified atom stereocenters. The fourth-order valence-corrected chi connectivity index (χ4v) is 2.77. The van der Waals surface area contributed by atoms with Crippen LogP contribution in [0.2, 0.25) is 0 Å². The zero-order chi connectivity index (χ0) is 17.1. The minimum atomic E-state index is -0.883. The van der Waals surface area contributed by atoms with E-state index in [1.165, 1.54) is 0 Å². The molecule has 1 amide bonds. The van der Waals surface area contributed by atoms with Gasteiger partial charge in [0.1, 0.15) is 12.0 Å². The van der Waals surface area contributed by atoms with Crippen LogP contribution in [0, 0.1) is 5.92 Å². The van der Waals surface area contributed by atoms with Crippen LogP contribution in [0.1, 0.15) is 20.3 Å². The standard InChI is InChI=1S/C17H20N2O4/c1-9-6-13(17(19)22)15(20)11(9)4-3-5-12-10(2)7-14(16(12)21)23-8-18/h4-7,13-14H,3,8,18H2,1-2H3,(H2,19,22). The highest BCUT2D eigenvalue weighted by Gasteiger charge is 2.32. The number of amides is 1. The maximum absolute atomic E-state index is 12.1. The first kappa shape index (κ1) is 17.1. The Balaban J connectivity index is 2.12. The molecule has 0 heterocycles. The molecule has 0 spiro atoms. The van der Waals surface area contributed by atoms with Crippen molar-refractivity contribution in [2.45, 2.75) is 26.4 Å². The summed E-state index contributed by atoms with van der Waals surface area (Å²) < 4.78 is 5.15. The Bertz CT molecular complexity index is 683. The largest absolute Gasteiger partial charge is 0.369 e. The lowest BCUT2D eigenvalue weighted by atomic mass is 10.0. The summed E-state index contributed by atoms with van der Waals surface area (Å²) in [6.45, 7) is 3.56. The van der Waals surface area contributed by atoms with Crippen molar-refractivity contribution in [3.8, 4) is 0 Å². The van der Waals surface area contributed by atoms with Gasteiger partial charge in [-0.2, -0.15) is 0 Å². The molecular weight excluding hydrogens is 296 g/mol. The fraction of sp³-hybridized carbons (Fsp3) is 0.353. The molecule has 0 saturated carbocycles. The van der Waals surface area contributed by atoms with Crippen LogP contribution in [-0.2, 0) is 19.1 Å². The third kappa shape index (κ3) is 3.38. The summed E-state index contributed by atoms with van der Waals surface area (Å²) in [6, 6.07) is 0. The molecule has 2 aliphatic carbocycles. The second-order valence-electron chi connectivity index (χ2n) is 5.53. The molecule has 0 aromatic rings. The summed E-state index contributed by atoms with van der Waals surface area (Å²) in [5, 5.41) is 0. The Morgan fingerprint density at radius 1 is 1.13 bits per heavy atom. The van der Waals surface area contributed by atoms with Crippen molar-refractivity contribution >= 4 is 17.5 Å². The van der Waals surface area contributed by atoms with E-state index in [-0.39, 0.29) is 18.3 Å². The first-order chi connectivity index (χ1) is 10.9. The summed E-state index contributed by atoms with van der Waals surface area (Å²) in [4.78, 5) is 35.4. The molecule has 2 rings (SSSR count). The number of Topliss-reactive ketones (excluding diaryl/α,β-unsaturated/α-hetero) is 2. The number of carbonyl (C=O) groups is 3. The molecule has 0 aliphatic heterocycles. The molecule has 0 aromatic carbocycles. The van der Waals surface area contributed by atoms with E-state index in [0.717, 1.165) is 11.1 Å². The van der Waals surface area contributed by atoms with Crippen molar-refractivity contribution in [1.82, 2.24) is 0 Å². The molecule has 0 aromatic heterocycles. The summed E-state index contributed by atoms with van der Waals surface area (Å²) in [5.74, 6) is -1.96. The summed E-state index contributed by atoms with van der Waals surface area (Å²) in [6.07, 6.45) is 6.53. The summed E-state index contributed by atoms with van der Waals surface area (Å²) in [7, 11) is 0. The molecule has 0 fully saturated rings. The average Bonchev–Trinajstić information content (AvgIpc) is 2.91. The first-order valence-corrected chi connectivity index (χ1v) is 7.34. The molecule has 4 N–H and O–H groups in total. The predicted octanol–water partition coefficient (Wildman–Crippen LogP) is 0.690. The number of primary amides is 1. The third-order valence-corrected chi connectivity index (χ3v) is 3.97. The van der Waals surface area contributed by atoms with Crippen LogP contribution in [0.25, 0.3) is 0 Å². The van der Waals surface area contributed by atoms with E-state index in [9.17, 15) is 14.4 Å². The second kappa shape index (κ2) is 6.85. The van der Waals surface area contributed by atoms with Crippen LogP contribution in [0.15, 0.2) is 46.6 Å². The molecule has 122 valence electrons. The predicted molar refractivity (Wildman–Crippen MR) is 84.9 cm³/mol. The average molecular weight is 316 g/mol. The number of hydrogen-bond donors (Lipinski definition) is 2. The van der Waals surface area contributed by atoms with Gasteiger partial charge in [0.05, 0.1) is 6.73 Å². The lowest BCUT2D eigenvalue weighted by Crippen LogP contribution is -2.26. The van der Waals surface area contributed by atoms with Crippen LogP contribution in [0.5, 0.6) is 0 Å². The van der Waals surface area contributed by atoms with Gasteiger partial charge in [-0.05, 0) is 37.5 Å². The highest BCUT2D eigenvalue weighted by molar-refractivity contribution is 6.15. The maximum Gasteiger partial charge on any atom is 0.232 e. The Morgan fingerprint density at radius 2 is 1.70 bits per heavy atom. The second-order valence-corrected chi connectivity index (χ2v) is 5.53. The van der Waals surface area contributed by atoms with Crippen molar-refractivity contribution < 1.29 is 19.1 Å². The Hall–Kier alpha value is -2.31. The lowest BCUT2D eigenvalue weighted by Gasteiger charge is -2.05. The van der Waals surface area contributed by atoms with Crippen LogP contribution in [0.4, 0.5) is 0 Å². The molecule has 0 radical (unpaired) electrons. The Morgan fingerprint density at radius 3 is 2.22 bits per heavy atom. The fourth-order valence-electron chi connectivity index (χ4n) is 2.77. The van der Waals surface area contributed by atoms with Crippen LogP contribution < -0.4 is 11.5 Å². The number of hydrogen-bond acceptors (Lipinski definition) is 5. The zero-order valence-corrected chi connectivity index (χ0v) is 13.2. The molecule has 0 saturated heterocycles. The maximum atomic E-state index is 12.1. The van der Waals surface area contributed by atoms with Gasteiger partial charge in [-0.3, -0.25) is 14.4 Å². The Kier molecular flexibility index (Phi) is 5.08. The van der Waals surface area contributed by atoms with Gasteiger partial charge >= 0.3 is 0 Å². The van der Waals surface area contributed by atoms with Crippen LogP contribution in [0.3, 0.4) is 0 Å². The van der Waals surface area contributed by atoms with Gasteiger partial charge < -0.3 is 16.2 Å². The van der Waals surface area contributed by atoms with Crippen molar-refractivity contribution in [3.05, 3.63) is 46.6 Å². The van der Waals surface area contributed by atoms with E-state index in [1.54, 1.807) is 31.2 Å². The van der Waals surface area contributed by atoms with E-state index in [4.69, 9.17) is 16.2 Å². The van der Waals surface area contributed by atoms with E-state index in [1.807, 2.05) is 6.92 Å². The monoisotopic (exact) mass is 316 g/mol. The van der Waals surface area contributed by atoms with Gasteiger partial charge in [0.25, 0.3) is 0 Å². The van der Waals surface area contributed by atoms with Gasteiger partial charge in [0, 0.05) is 11.1 Å². The van der Waals surface area contributed by atoms with Crippen molar-refractivity contribution in [3.63, 3.8) is 0 Å². The van der Waals surface area contributed by atoms with Gasteiger partial charge in [-0.15, -0.1) is 0 Å². The topological polar surface area (TPSA) is 112 Å². The third-order valence-electron chi connectivity index (χ3n) is 3.97. The number of ether oxygens (including phenoxy) is 1. The SMILES string of the molecule is CC1=CC(OCN)C(=O)C1=CCC=C1C(=O)C(C(N)=O)C=C1C. The highest BCUT2D eigenvalue weighted by atomic mass is 16.5. The number of allylic oxidation sites excluding steroid dienone is 5. The molecule has 6 nitrogen and oxygen atoms in total. The van der Waals surface area contributed by atoms with Gasteiger partial charge in [-0.1, -0.05) is 18.2 Å². The lowest BCUT2D eigenvalue weighted by molar-refractivity contribution is -0.127. The first-order valence-electron chi connectivity index (χ1n) is 7.34. The van der Waals surface area contributed by atoms with Crippen molar-refractivity contribution in [1.29, 1.82) is 0 Å². The normalized spacial score (nSPS) is 27.8. The minimum Gasteiger partial charge on any atom is -0.369 e. The van der Waals surface area contributed by atoms with Crippen LogP contribution in [-0.4, -0.2) is 30.3 Å². The van der Waals surface area contributed by atoms with Crippen LogP contribution >= 0.6 is 0 Å². The Labute approximate surface area is 134 Å². The number of rotatable bonds is 5. The number of nitrogens with two attached hydrogens (primary N) is 2. The van der Waals surface area contributed by atoms with E-state index in [0.29, 0.717) is 17.6 Å². The highest BCUT2D eigenvalue weighted by Crippen LogP contribution is 2.28.